The van der Waals surface area contributed by atoms with Crippen molar-refractivity contribution in [2.45, 2.75) is 19.3 Å². The van der Waals surface area contributed by atoms with E-state index >= 15 is 0 Å². The Kier molecular flexibility index (Phi) is 4.73. The first-order valence-electron chi connectivity index (χ1n) is 8.05. The minimum absolute atomic E-state index is 0.00540. The summed E-state index contributed by atoms with van der Waals surface area (Å²) in [6.45, 7) is 4.64. The van der Waals surface area contributed by atoms with Gasteiger partial charge in [0.25, 0.3) is 0 Å². The van der Waals surface area contributed by atoms with Crippen LogP contribution in [-0.2, 0) is 11.8 Å². The number of halogens is 1. The third-order valence-electron chi connectivity index (χ3n) is 4.41. The Hall–Kier alpha value is -2.51. The zero-order chi connectivity index (χ0) is 17.1. The van der Waals surface area contributed by atoms with Crippen LogP contribution in [0.2, 0.25) is 0 Å². The highest BCUT2D eigenvalue weighted by molar-refractivity contribution is 5.77. The van der Waals surface area contributed by atoms with Gasteiger partial charge in [-0.2, -0.15) is 0 Å². The average molecular weight is 332 g/mol. The molecule has 0 bridgehead atoms. The number of carbonyl (C=O) groups is 1. The van der Waals surface area contributed by atoms with E-state index < -0.39 is 0 Å². The maximum atomic E-state index is 13.3. The minimum atomic E-state index is -0.266. The van der Waals surface area contributed by atoms with Gasteiger partial charge in [0, 0.05) is 39.6 Å². The molecule has 7 nitrogen and oxygen atoms in total. The van der Waals surface area contributed by atoms with Gasteiger partial charge in [-0.3, -0.25) is 4.79 Å². The monoisotopic (exact) mass is 332 g/mol. The summed E-state index contributed by atoms with van der Waals surface area (Å²) >= 11 is 0. The summed E-state index contributed by atoms with van der Waals surface area (Å²) in [6.07, 6.45) is 0.384. The molecule has 0 N–H and O–H groups in total. The molecular formula is C16H21FN6O. The van der Waals surface area contributed by atoms with Gasteiger partial charge in [-0.25, -0.2) is 9.07 Å². The van der Waals surface area contributed by atoms with Crippen LogP contribution >= 0.6 is 0 Å². The normalized spacial score (nSPS) is 16.3. The highest BCUT2D eigenvalue weighted by atomic mass is 19.1. The Morgan fingerprint density at radius 1 is 1.29 bits per heavy atom. The van der Waals surface area contributed by atoms with Crippen molar-refractivity contribution in [2.24, 2.45) is 7.05 Å². The SMILES string of the molecule is CC(CC(=O)N1CCN(c2nnnn2C)CC1)c1cccc(F)c1. The summed E-state index contributed by atoms with van der Waals surface area (Å²) in [7, 11) is 1.80. The number of aryl methyl sites for hydroxylation is 1. The molecule has 0 radical (unpaired) electrons. The van der Waals surface area contributed by atoms with Gasteiger partial charge >= 0.3 is 0 Å². The van der Waals surface area contributed by atoms with Crippen LogP contribution in [0.15, 0.2) is 24.3 Å². The van der Waals surface area contributed by atoms with E-state index in [2.05, 4.69) is 20.4 Å². The van der Waals surface area contributed by atoms with Gasteiger partial charge in [0.1, 0.15) is 5.82 Å². The summed E-state index contributed by atoms with van der Waals surface area (Å²) in [6, 6.07) is 6.45. The van der Waals surface area contributed by atoms with E-state index in [0.717, 1.165) is 11.5 Å². The first kappa shape index (κ1) is 16.4. The highest BCUT2D eigenvalue weighted by Crippen LogP contribution is 2.21. The van der Waals surface area contributed by atoms with Crippen LogP contribution in [0.3, 0.4) is 0 Å². The van der Waals surface area contributed by atoms with Crippen molar-refractivity contribution >= 4 is 11.9 Å². The lowest BCUT2D eigenvalue weighted by molar-refractivity contribution is -0.131. The second-order valence-corrected chi connectivity index (χ2v) is 6.13. The summed E-state index contributed by atoms with van der Waals surface area (Å²) in [5.74, 6) is 0.546. The second-order valence-electron chi connectivity index (χ2n) is 6.13. The smallest absolute Gasteiger partial charge is 0.245 e. The largest absolute Gasteiger partial charge is 0.339 e. The fourth-order valence-electron chi connectivity index (χ4n) is 2.97. The first-order valence-corrected chi connectivity index (χ1v) is 8.05. The van der Waals surface area contributed by atoms with Gasteiger partial charge in [-0.05, 0) is 34.0 Å². The van der Waals surface area contributed by atoms with Crippen LogP contribution in [-0.4, -0.2) is 57.2 Å². The molecule has 1 aromatic heterocycles. The fourth-order valence-corrected chi connectivity index (χ4v) is 2.97. The number of nitrogens with zero attached hydrogens (tertiary/aromatic N) is 6. The van der Waals surface area contributed by atoms with E-state index in [1.807, 2.05) is 17.9 Å². The molecule has 1 aromatic carbocycles. The number of piperazine rings is 1. The van der Waals surface area contributed by atoms with Gasteiger partial charge in [0.2, 0.25) is 11.9 Å². The molecule has 2 aromatic rings. The molecule has 0 spiro atoms. The standard InChI is InChI=1S/C16H21FN6O/c1-12(13-4-3-5-14(17)11-13)10-15(24)22-6-8-23(9-7-22)16-18-19-20-21(16)2/h3-5,11-12H,6-10H2,1-2H3. The molecule has 1 unspecified atom stereocenters. The second kappa shape index (κ2) is 6.94. The van der Waals surface area contributed by atoms with E-state index in [-0.39, 0.29) is 17.6 Å². The molecule has 1 aliphatic heterocycles. The van der Waals surface area contributed by atoms with E-state index in [1.165, 1.54) is 12.1 Å². The number of tetrazole rings is 1. The number of hydrogen-bond acceptors (Lipinski definition) is 5. The molecule has 2 heterocycles. The molecule has 1 amide bonds. The average Bonchev–Trinajstić information content (AvgIpc) is 3.01. The number of carbonyl (C=O) groups excluding carboxylic acids is 1. The Morgan fingerprint density at radius 3 is 2.67 bits per heavy atom. The highest BCUT2D eigenvalue weighted by Gasteiger charge is 2.25. The van der Waals surface area contributed by atoms with Crippen LogP contribution in [0.25, 0.3) is 0 Å². The number of benzene rings is 1. The Bertz CT molecular complexity index is 710. The lowest BCUT2D eigenvalue weighted by Gasteiger charge is -2.35. The molecule has 1 aliphatic rings. The van der Waals surface area contributed by atoms with Crippen molar-refractivity contribution in [3.63, 3.8) is 0 Å². The topological polar surface area (TPSA) is 67.2 Å². The van der Waals surface area contributed by atoms with Gasteiger partial charge in [-0.1, -0.05) is 24.2 Å². The third kappa shape index (κ3) is 3.52. The van der Waals surface area contributed by atoms with Crippen LogP contribution in [0.1, 0.15) is 24.8 Å². The van der Waals surface area contributed by atoms with Crippen molar-refractivity contribution in [3.8, 4) is 0 Å². The molecule has 1 saturated heterocycles. The first-order chi connectivity index (χ1) is 11.5. The fraction of sp³-hybridized carbons (Fsp3) is 0.500. The molecule has 0 saturated carbocycles. The van der Waals surface area contributed by atoms with Crippen molar-refractivity contribution in [3.05, 3.63) is 35.6 Å². The molecule has 1 fully saturated rings. The van der Waals surface area contributed by atoms with Crippen molar-refractivity contribution < 1.29 is 9.18 Å². The third-order valence-corrected chi connectivity index (χ3v) is 4.41. The van der Waals surface area contributed by atoms with Crippen molar-refractivity contribution in [2.75, 3.05) is 31.1 Å². The van der Waals surface area contributed by atoms with Gasteiger partial charge in [-0.15, -0.1) is 0 Å². The van der Waals surface area contributed by atoms with E-state index in [4.69, 9.17) is 0 Å². The molecular weight excluding hydrogens is 311 g/mol. The maximum Gasteiger partial charge on any atom is 0.245 e. The number of rotatable bonds is 4. The maximum absolute atomic E-state index is 13.3. The molecule has 24 heavy (non-hydrogen) atoms. The van der Waals surface area contributed by atoms with Crippen molar-refractivity contribution in [1.29, 1.82) is 0 Å². The quantitative estimate of drug-likeness (QED) is 0.841. The Morgan fingerprint density at radius 2 is 2.04 bits per heavy atom. The lowest BCUT2D eigenvalue weighted by Crippen LogP contribution is -2.49. The molecule has 128 valence electrons. The van der Waals surface area contributed by atoms with Crippen LogP contribution in [0.5, 0.6) is 0 Å². The number of anilines is 1. The van der Waals surface area contributed by atoms with Gasteiger partial charge in [0.05, 0.1) is 0 Å². The number of amides is 1. The van der Waals surface area contributed by atoms with Crippen molar-refractivity contribution in [1.82, 2.24) is 25.1 Å². The van der Waals surface area contributed by atoms with E-state index in [9.17, 15) is 9.18 Å². The Balaban J connectivity index is 1.54. The van der Waals surface area contributed by atoms with Crippen LogP contribution in [0, 0.1) is 5.82 Å². The van der Waals surface area contributed by atoms with Crippen LogP contribution in [0.4, 0.5) is 10.3 Å². The predicted octanol–water partition coefficient (Wildman–Crippen LogP) is 1.19. The van der Waals surface area contributed by atoms with Gasteiger partial charge < -0.3 is 9.80 Å². The molecule has 8 heteroatoms. The summed E-state index contributed by atoms with van der Waals surface area (Å²) in [5, 5.41) is 11.5. The van der Waals surface area contributed by atoms with E-state index in [1.54, 1.807) is 17.8 Å². The summed E-state index contributed by atoms with van der Waals surface area (Å²) in [4.78, 5) is 16.4. The zero-order valence-electron chi connectivity index (χ0n) is 13.9. The lowest BCUT2D eigenvalue weighted by atomic mass is 9.97. The molecule has 1 atom stereocenters. The zero-order valence-corrected chi connectivity index (χ0v) is 13.9. The summed E-state index contributed by atoms with van der Waals surface area (Å²) in [5.41, 5.74) is 0.854. The molecule has 0 aliphatic carbocycles. The number of aromatic nitrogens is 4. The minimum Gasteiger partial charge on any atom is -0.339 e. The Labute approximate surface area is 140 Å². The van der Waals surface area contributed by atoms with Crippen LogP contribution < -0.4 is 4.90 Å². The molecule has 3 rings (SSSR count). The number of hydrogen-bond donors (Lipinski definition) is 0. The summed E-state index contributed by atoms with van der Waals surface area (Å²) < 4.78 is 14.9. The van der Waals surface area contributed by atoms with E-state index in [0.29, 0.717) is 32.6 Å². The predicted molar refractivity (Wildman–Crippen MR) is 87.0 cm³/mol. The van der Waals surface area contributed by atoms with Gasteiger partial charge in [0.15, 0.2) is 0 Å².